The fourth-order valence-corrected chi connectivity index (χ4v) is 2.25. The topological polar surface area (TPSA) is 84.2 Å². The highest BCUT2D eigenvalue weighted by Gasteiger charge is 2.15. The molecule has 6 nitrogen and oxygen atoms in total. The van der Waals surface area contributed by atoms with Gasteiger partial charge in [0.05, 0.1) is 4.92 Å². The van der Waals surface area contributed by atoms with E-state index in [2.05, 4.69) is 11.1 Å². The van der Waals surface area contributed by atoms with Crippen LogP contribution in [0.5, 0.6) is 0 Å². The number of nitro benzene ring substituents is 1. The average molecular weight is 278 g/mol. The molecule has 0 aliphatic heterocycles. The summed E-state index contributed by atoms with van der Waals surface area (Å²) in [6.07, 6.45) is 1.78. The summed E-state index contributed by atoms with van der Waals surface area (Å²) in [5.74, 6) is 0. The number of rotatable bonds is 2. The summed E-state index contributed by atoms with van der Waals surface area (Å²) in [5, 5.41) is 20.1. The minimum Gasteiger partial charge on any atom is -0.291 e. The summed E-state index contributed by atoms with van der Waals surface area (Å²) in [5.41, 5.74) is 3.31. The monoisotopic (exact) mass is 278 g/mol. The van der Waals surface area contributed by atoms with Crippen molar-refractivity contribution < 1.29 is 4.92 Å². The van der Waals surface area contributed by atoms with E-state index in [4.69, 9.17) is 0 Å². The van der Waals surface area contributed by atoms with Gasteiger partial charge < -0.3 is 0 Å². The molecule has 3 aromatic rings. The normalized spacial score (nSPS) is 10.5. The summed E-state index contributed by atoms with van der Waals surface area (Å²) in [4.78, 5) is 14.7. The van der Waals surface area contributed by atoms with Gasteiger partial charge in [0.1, 0.15) is 17.4 Å². The fourth-order valence-electron chi connectivity index (χ4n) is 2.25. The van der Waals surface area contributed by atoms with Crippen molar-refractivity contribution in [1.29, 1.82) is 5.26 Å². The highest BCUT2D eigenvalue weighted by molar-refractivity contribution is 5.71. The van der Waals surface area contributed by atoms with Crippen molar-refractivity contribution in [3.8, 4) is 17.3 Å². The van der Waals surface area contributed by atoms with E-state index in [0.29, 0.717) is 22.6 Å². The second-order valence-corrected chi connectivity index (χ2v) is 4.61. The molecule has 2 aromatic heterocycles. The molecule has 0 saturated carbocycles. The Morgan fingerprint density at radius 1 is 1.29 bits per heavy atom. The first-order valence-electron chi connectivity index (χ1n) is 6.24. The van der Waals surface area contributed by atoms with Gasteiger partial charge in [-0.2, -0.15) is 5.26 Å². The van der Waals surface area contributed by atoms with Crippen molar-refractivity contribution in [2.24, 2.45) is 0 Å². The van der Waals surface area contributed by atoms with Crippen LogP contribution in [-0.2, 0) is 0 Å². The Labute approximate surface area is 120 Å². The first-order chi connectivity index (χ1) is 10.1. The average Bonchev–Trinajstić information content (AvgIpc) is 2.87. The van der Waals surface area contributed by atoms with Crippen LogP contribution in [-0.4, -0.2) is 14.3 Å². The number of nitriles is 1. The van der Waals surface area contributed by atoms with E-state index in [0.717, 1.165) is 5.56 Å². The molecule has 0 N–H and O–H groups in total. The van der Waals surface area contributed by atoms with Crippen molar-refractivity contribution in [2.45, 2.75) is 6.92 Å². The zero-order valence-electron chi connectivity index (χ0n) is 11.1. The molecule has 102 valence electrons. The highest BCUT2D eigenvalue weighted by atomic mass is 16.6. The van der Waals surface area contributed by atoms with Gasteiger partial charge in [0.25, 0.3) is 5.69 Å². The number of imidazole rings is 1. The highest BCUT2D eigenvalue weighted by Crippen LogP contribution is 2.26. The molecular weight excluding hydrogens is 268 g/mol. The van der Waals surface area contributed by atoms with E-state index in [1.165, 1.54) is 12.1 Å². The van der Waals surface area contributed by atoms with Crippen LogP contribution < -0.4 is 0 Å². The number of nitro groups is 1. The number of benzene rings is 1. The Hall–Kier alpha value is -3.20. The summed E-state index contributed by atoms with van der Waals surface area (Å²) < 4.78 is 1.73. The van der Waals surface area contributed by atoms with E-state index in [1.54, 1.807) is 22.7 Å². The second-order valence-electron chi connectivity index (χ2n) is 4.61. The Kier molecular flexibility index (Phi) is 2.88. The van der Waals surface area contributed by atoms with E-state index in [1.807, 2.05) is 19.1 Å². The summed E-state index contributed by atoms with van der Waals surface area (Å²) in [6, 6.07) is 12.0. The number of aryl methyl sites for hydroxylation is 1. The number of aromatic nitrogens is 2. The molecule has 0 bridgehead atoms. The van der Waals surface area contributed by atoms with Gasteiger partial charge in [-0.3, -0.25) is 14.5 Å². The lowest BCUT2D eigenvalue weighted by molar-refractivity contribution is -0.384. The number of hydrogen-bond acceptors (Lipinski definition) is 4. The second kappa shape index (κ2) is 4.72. The van der Waals surface area contributed by atoms with Crippen molar-refractivity contribution >= 4 is 11.3 Å². The van der Waals surface area contributed by atoms with Gasteiger partial charge in [-0.25, -0.2) is 4.98 Å². The van der Waals surface area contributed by atoms with Crippen LogP contribution in [0.1, 0.15) is 11.3 Å². The van der Waals surface area contributed by atoms with Gasteiger partial charge in [-0.05, 0) is 30.7 Å². The predicted molar refractivity (Wildman–Crippen MR) is 76.7 cm³/mol. The summed E-state index contributed by atoms with van der Waals surface area (Å²) in [7, 11) is 0. The molecule has 0 atom stereocenters. The molecule has 1 aromatic carbocycles. The number of non-ortho nitro benzene ring substituents is 1. The quantitative estimate of drug-likeness (QED) is 0.532. The Bertz CT molecular complexity index is 888. The first-order valence-corrected chi connectivity index (χ1v) is 6.24. The van der Waals surface area contributed by atoms with Gasteiger partial charge in [-0.15, -0.1) is 0 Å². The van der Waals surface area contributed by atoms with E-state index in [-0.39, 0.29) is 5.69 Å². The van der Waals surface area contributed by atoms with Crippen LogP contribution in [0, 0.1) is 28.4 Å². The molecule has 0 spiro atoms. The van der Waals surface area contributed by atoms with Gasteiger partial charge in [-0.1, -0.05) is 6.07 Å². The van der Waals surface area contributed by atoms with Crippen molar-refractivity contribution in [1.82, 2.24) is 9.38 Å². The number of pyridine rings is 1. The van der Waals surface area contributed by atoms with Crippen LogP contribution >= 0.6 is 0 Å². The third kappa shape index (κ3) is 2.01. The molecular formula is C15H10N4O2. The number of hydrogen-bond donors (Lipinski definition) is 0. The Morgan fingerprint density at radius 2 is 2.00 bits per heavy atom. The molecule has 0 fully saturated rings. The summed E-state index contributed by atoms with van der Waals surface area (Å²) in [6.45, 7) is 1.92. The predicted octanol–water partition coefficient (Wildman–Crippen LogP) is 3.09. The van der Waals surface area contributed by atoms with Gasteiger partial charge in [0.15, 0.2) is 5.69 Å². The number of nitrogens with zero attached hydrogens (tertiary/aromatic N) is 4. The Balaban J connectivity index is 2.23. The third-order valence-electron chi connectivity index (χ3n) is 3.30. The van der Waals surface area contributed by atoms with Gasteiger partial charge in [0.2, 0.25) is 0 Å². The number of fused-ring (bicyclic) bond motifs is 1. The molecule has 0 aliphatic rings. The minimum atomic E-state index is -0.456. The summed E-state index contributed by atoms with van der Waals surface area (Å²) >= 11 is 0. The molecule has 2 heterocycles. The van der Waals surface area contributed by atoms with Crippen LogP contribution in [0.3, 0.4) is 0 Å². The SMILES string of the molecule is Cc1cccn2c(C#N)c(-c3ccc([N+](=O)[O-])cc3)nc12. The van der Waals surface area contributed by atoms with Crippen LogP contribution in [0.15, 0.2) is 42.6 Å². The van der Waals surface area contributed by atoms with Crippen LogP contribution in [0.25, 0.3) is 16.9 Å². The van der Waals surface area contributed by atoms with Crippen LogP contribution in [0.2, 0.25) is 0 Å². The van der Waals surface area contributed by atoms with E-state index < -0.39 is 4.92 Å². The molecule has 0 amide bonds. The molecule has 0 radical (unpaired) electrons. The fraction of sp³-hybridized carbons (Fsp3) is 0.0667. The molecule has 0 unspecified atom stereocenters. The van der Waals surface area contributed by atoms with E-state index in [9.17, 15) is 15.4 Å². The van der Waals surface area contributed by atoms with Crippen molar-refractivity contribution in [3.63, 3.8) is 0 Å². The largest absolute Gasteiger partial charge is 0.291 e. The maximum Gasteiger partial charge on any atom is 0.269 e. The van der Waals surface area contributed by atoms with Crippen molar-refractivity contribution in [2.75, 3.05) is 0 Å². The lowest BCUT2D eigenvalue weighted by Gasteiger charge is -1.98. The first kappa shape index (κ1) is 12.8. The zero-order chi connectivity index (χ0) is 15.0. The van der Waals surface area contributed by atoms with E-state index >= 15 is 0 Å². The third-order valence-corrected chi connectivity index (χ3v) is 3.30. The Morgan fingerprint density at radius 3 is 2.62 bits per heavy atom. The van der Waals surface area contributed by atoms with Crippen LogP contribution in [0.4, 0.5) is 5.69 Å². The maximum absolute atomic E-state index is 10.7. The smallest absolute Gasteiger partial charge is 0.269 e. The standard InChI is InChI=1S/C15H10N4O2/c1-10-3-2-8-18-13(9-16)14(17-15(10)18)11-4-6-12(7-5-11)19(20)21/h2-8H,1H3. The maximum atomic E-state index is 10.7. The lowest BCUT2D eigenvalue weighted by atomic mass is 10.1. The molecule has 0 saturated heterocycles. The van der Waals surface area contributed by atoms with Gasteiger partial charge >= 0.3 is 0 Å². The minimum absolute atomic E-state index is 0.0113. The van der Waals surface area contributed by atoms with Gasteiger partial charge in [0, 0.05) is 23.9 Å². The molecule has 6 heteroatoms. The lowest BCUT2D eigenvalue weighted by Crippen LogP contribution is -1.90. The zero-order valence-corrected chi connectivity index (χ0v) is 11.1. The molecule has 0 aliphatic carbocycles. The molecule has 21 heavy (non-hydrogen) atoms. The van der Waals surface area contributed by atoms with Crippen molar-refractivity contribution in [3.05, 3.63) is 64.0 Å². The molecule has 3 rings (SSSR count).